The molecule has 2 rings (SSSR count). The lowest BCUT2D eigenvalue weighted by Gasteiger charge is -1.94. The number of fused-ring (bicyclic) bond motifs is 1. The van der Waals surface area contributed by atoms with E-state index in [1.807, 2.05) is 38.7 Å². The van der Waals surface area contributed by atoms with E-state index in [0.29, 0.717) is 0 Å². The van der Waals surface area contributed by atoms with Gasteiger partial charge in [0, 0.05) is 13.2 Å². The third-order valence-electron chi connectivity index (χ3n) is 2.23. The molecule has 2 heterocycles. The zero-order valence-electron chi connectivity index (χ0n) is 10.2. The van der Waals surface area contributed by atoms with Crippen molar-refractivity contribution in [3.05, 3.63) is 23.5 Å². The number of pyridine rings is 1. The number of hydrogen-bond donors (Lipinski definition) is 0. The topological polar surface area (TPSA) is 30.7 Å². The van der Waals surface area contributed by atoms with E-state index in [1.165, 1.54) is 5.56 Å². The summed E-state index contributed by atoms with van der Waals surface area (Å²) in [6.45, 7) is 8.15. The molecule has 0 N–H and O–H groups in total. The van der Waals surface area contributed by atoms with Crippen LogP contribution in [-0.2, 0) is 13.5 Å². The van der Waals surface area contributed by atoms with Crippen LogP contribution in [-0.4, -0.2) is 14.8 Å². The highest BCUT2D eigenvalue weighted by Gasteiger charge is 2.07. The summed E-state index contributed by atoms with van der Waals surface area (Å²) < 4.78 is 1.90. The quantitative estimate of drug-likeness (QED) is 0.716. The second kappa shape index (κ2) is 4.91. The first-order valence-corrected chi connectivity index (χ1v) is 5.50. The molecule has 0 saturated heterocycles. The van der Waals surface area contributed by atoms with Crippen molar-refractivity contribution in [1.29, 1.82) is 0 Å². The first-order valence-electron chi connectivity index (χ1n) is 5.50. The molecule has 0 unspecified atom stereocenters. The summed E-state index contributed by atoms with van der Waals surface area (Å²) >= 11 is 0. The van der Waals surface area contributed by atoms with Crippen LogP contribution in [0.4, 0.5) is 0 Å². The molecule has 0 aromatic carbocycles. The van der Waals surface area contributed by atoms with Crippen LogP contribution in [0.1, 0.15) is 32.0 Å². The van der Waals surface area contributed by atoms with Gasteiger partial charge in [0.2, 0.25) is 0 Å². The van der Waals surface area contributed by atoms with E-state index in [-0.39, 0.29) is 0 Å². The average molecular weight is 205 g/mol. The van der Waals surface area contributed by atoms with Crippen LogP contribution in [0.25, 0.3) is 11.0 Å². The van der Waals surface area contributed by atoms with Gasteiger partial charge in [0.05, 0.1) is 11.2 Å². The lowest BCUT2D eigenvalue weighted by Crippen LogP contribution is -1.90. The Morgan fingerprint density at radius 1 is 1.33 bits per heavy atom. The van der Waals surface area contributed by atoms with Gasteiger partial charge in [-0.05, 0) is 25.0 Å². The van der Waals surface area contributed by atoms with Crippen LogP contribution >= 0.6 is 0 Å². The largest absolute Gasteiger partial charge is 0.266 e. The summed E-state index contributed by atoms with van der Waals surface area (Å²) in [5.74, 6) is 0. The summed E-state index contributed by atoms with van der Waals surface area (Å²) in [7, 11) is 1.96. The molecule has 0 aliphatic rings. The van der Waals surface area contributed by atoms with Crippen molar-refractivity contribution in [1.82, 2.24) is 14.8 Å². The van der Waals surface area contributed by atoms with Crippen molar-refractivity contribution < 1.29 is 0 Å². The molecule has 2 aromatic rings. The zero-order chi connectivity index (χ0) is 11.4. The van der Waals surface area contributed by atoms with E-state index in [0.717, 1.165) is 23.1 Å². The molecule has 3 heteroatoms. The molecule has 0 aliphatic carbocycles. The SMILES string of the molecule is CC.CCc1nn(C)c2cc(C)cnc12. The van der Waals surface area contributed by atoms with E-state index >= 15 is 0 Å². The molecule has 0 aliphatic heterocycles. The minimum atomic E-state index is 0.938. The summed E-state index contributed by atoms with van der Waals surface area (Å²) in [4.78, 5) is 4.39. The summed E-state index contributed by atoms with van der Waals surface area (Å²) in [6.07, 6.45) is 2.83. The fourth-order valence-corrected chi connectivity index (χ4v) is 1.54. The van der Waals surface area contributed by atoms with Gasteiger partial charge in [-0.15, -0.1) is 0 Å². The maximum absolute atomic E-state index is 4.40. The predicted octanol–water partition coefficient (Wildman–Crippen LogP) is 2.87. The lowest BCUT2D eigenvalue weighted by molar-refractivity contribution is 0.770. The van der Waals surface area contributed by atoms with Gasteiger partial charge >= 0.3 is 0 Å². The molecule has 0 fully saturated rings. The Bertz CT molecular complexity index is 443. The molecule has 0 spiro atoms. The monoisotopic (exact) mass is 205 g/mol. The number of aromatic nitrogens is 3. The van der Waals surface area contributed by atoms with Crippen LogP contribution in [0.5, 0.6) is 0 Å². The summed E-state index contributed by atoms with van der Waals surface area (Å²) in [6, 6.07) is 2.12. The number of rotatable bonds is 1. The van der Waals surface area contributed by atoms with Gasteiger partial charge < -0.3 is 0 Å². The van der Waals surface area contributed by atoms with Gasteiger partial charge in [-0.3, -0.25) is 9.67 Å². The Morgan fingerprint density at radius 2 is 2.00 bits per heavy atom. The molecular formula is C12H19N3. The van der Waals surface area contributed by atoms with Gasteiger partial charge in [-0.1, -0.05) is 20.8 Å². The summed E-state index contributed by atoms with van der Waals surface area (Å²) in [5, 5.41) is 4.40. The van der Waals surface area contributed by atoms with E-state index in [4.69, 9.17) is 0 Å². The van der Waals surface area contributed by atoms with Gasteiger partial charge in [0.1, 0.15) is 5.52 Å². The first kappa shape index (κ1) is 11.7. The minimum absolute atomic E-state index is 0.938. The predicted molar refractivity (Wildman–Crippen MR) is 64.0 cm³/mol. The smallest absolute Gasteiger partial charge is 0.111 e. The standard InChI is InChI=1S/C10H13N3.C2H6/c1-4-8-10-9(13(3)12-8)5-7(2)6-11-10;1-2/h5-6H,4H2,1-3H3;1-2H3. The van der Waals surface area contributed by atoms with E-state index < -0.39 is 0 Å². The highest BCUT2D eigenvalue weighted by Crippen LogP contribution is 2.16. The summed E-state index contributed by atoms with van der Waals surface area (Å²) in [5.41, 5.74) is 4.42. The van der Waals surface area contributed by atoms with Gasteiger partial charge in [-0.2, -0.15) is 5.10 Å². The molecule has 3 nitrogen and oxygen atoms in total. The highest BCUT2D eigenvalue weighted by atomic mass is 15.3. The number of aryl methyl sites for hydroxylation is 3. The molecule has 0 amide bonds. The second-order valence-corrected chi connectivity index (χ2v) is 3.30. The van der Waals surface area contributed by atoms with E-state index in [9.17, 15) is 0 Å². The Kier molecular flexibility index (Phi) is 3.83. The first-order chi connectivity index (χ1) is 7.22. The lowest BCUT2D eigenvalue weighted by atomic mass is 10.2. The Hall–Kier alpha value is -1.38. The van der Waals surface area contributed by atoms with Crippen LogP contribution in [0.2, 0.25) is 0 Å². The van der Waals surface area contributed by atoms with Crippen molar-refractivity contribution in [2.24, 2.45) is 7.05 Å². The molecule has 0 saturated carbocycles. The zero-order valence-corrected chi connectivity index (χ0v) is 10.2. The van der Waals surface area contributed by atoms with Crippen LogP contribution < -0.4 is 0 Å². The fraction of sp³-hybridized carbons (Fsp3) is 0.500. The Labute approximate surface area is 91.1 Å². The maximum Gasteiger partial charge on any atom is 0.111 e. The average Bonchev–Trinajstić information content (AvgIpc) is 2.58. The highest BCUT2D eigenvalue weighted by molar-refractivity contribution is 5.77. The van der Waals surface area contributed by atoms with Crippen molar-refractivity contribution in [2.45, 2.75) is 34.1 Å². The van der Waals surface area contributed by atoms with Crippen molar-refractivity contribution in [2.75, 3.05) is 0 Å². The maximum atomic E-state index is 4.40. The third kappa shape index (κ3) is 2.17. The minimum Gasteiger partial charge on any atom is -0.266 e. The molecule has 2 aromatic heterocycles. The van der Waals surface area contributed by atoms with Crippen LogP contribution in [0.15, 0.2) is 12.3 Å². The molecular weight excluding hydrogens is 186 g/mol. The van der Waals surface area contributed by atoms with E-state index in [2.05, 4.69) is 23.1 Å². The van der Waals surface area contributed by atoms with Crippen molar-refractivity contribution in [3.8, 4) is 0 Å². The van der Waals surface area contributed by atoms with Crippen molar-refractivity contribution in [3.63, 3.8) is 0 Å². The van der Waals surface area contributed by atoms with Crippen LogP contribution in [0.3, 0.4) is 0 Å². The number of hydrogen-bond acceptors (Lipinski definition) is 2. The molecule has 0 atom stereocenters. The Morgan fingerprint density at radius 3 is 2.60 bits per heavy atom. The molecule has 0 radical (unpaired) electrons. The van der Waals surface area contributed by atoms with Crippen molar-refractivity contribution >= 4 is 11.0 Å². The normalized spacial score (nSPS) is 9.93. The van der Waals surface area contributed by atoms with Crippen LogP contribution in [0, 0.1) is 6.92 Å². The number of nitrogens with zero attached hydrogens (tertiary/aromatic N) is 3. The Balaban J connectivity index is 0.000000531. The third-order valence-corrected chi connectivity index (χ3v) is 2.23. The second-order valence-electron chi connectivity index (χ2n) is 3.30. The van der Waals surface area contributed by atoms with Gasteiger partial charge in [0.25, 0.3) is 0 Å². The van der Waals surface area contributed by atoms with Gasteiger partial charge in [-0.25, -0.2) is 0 Å². The van der Waals surface area contributed by atoms with E-state index in [1.54, 1.807) is 0 Å². The molecule has 15 heavy (non-hydrogen) atoms. The fourth-order valence-electron chi connectivity index (χ4n) is 1.54. The molecule has 0 bridgehead atoms. The molecule has 82 valence electrons. The van der Waals surface area contributed by atoms with Gasteiger partial charge in [0.15, 0.2) is 0 Å².